The van der Waals surface area contributed by atoms with Gasteiger partial charge in [0.1, 0.15) is 0 Å². The van der Waals surface area contributed by atoms with Gasteiger partial charge in [-0.05, 0) is 12.3 Å². The van der Waals surface area contributed by atoms with Gasteiger partial charge in [0.05, 0.1) is 0 Å². The lowest BCUT2D eigenvalue weighted by Gasteiger charge is -2.14. The SMILES string of the molecule is C=CC(CC(C)CC)NN. The normalized spacial score (nSPS) is 16.3. The molecule has 0 aromatic rings. The summed E-state index contributed by atoms with van der Waals surface area (Å²) < 4.78 is 0. The lowest BCUT2D eigenvalue weighted by molar-refractivity contribution is 0.444. The van der Waals surface area contributed by atoms with Gasteiger partial charge in [-0.1, -0.05) is 26.3 Å². The zero-order valence-electron chi connectivity index (χ0n) is 6.93. The molecule has 10 heavy (non-hydrogen) atoms. The van der Waals surface area contributed by atoms with Crippen LogP contribution in [0.5, 0.6) is 0 Å². The van der Waals surface area contributed by atoms with E-state index in [-0.39, 0.29) is 6.04 Å². The average Bonchev–Trinajstić information content (AvgIpc) is 1.99. The number of hydrazine groups is 1. The van der Waals surface area contributed by atoms with Crippen LogP contribution in [0.25, 0.3) is 0 Å². The molecule has 2 nitrogen and oxygen atoms in total. The van der Waals surface area contributed by atoms with Crippen LogP contribution in [0.2, 0.25) is 0 Å². The third-order valence-electron chi connectivity index (χ3n) is 1.85. The van der Waals surface area contributed by atoms with Crippen molar-refractivity contribution in [1.29, 1.82) is 0 Å². The first-order chi connectivity index (χ1) is 4.74. The second-order valence-electron chi connectivity index (χ2n) is 2.76. The van der Waals surface area contributed by atoms with Crippen molar-refractivity contribution in [1.82, 2.24) is 5.43 Å². The van der Waals surface area contributed by atoms with Crippen LogP contribution in [0.15, 0.2) is 12.7 Å². The van der Waals surface area contributed by atoms with Crippen molar-refractivity contribution in [3.63, 3.8) is 0 Å². The average molecular weight is 142 g/mol. The monoisotopic (exact) mass is 142 g/mol. The van der Waals surface area contributed by atoms with Gasteiger partial charge in [-0.25, -0.2) is 0 Å². The van der Waals surface area contributed by atoms with E-state index in [0.29, 0.717) is 0 Å². The molecule has 0 aliphatic carbocycles. The number of nitrogens with two attached hydrogens (primary N) is 1. The fraction of sp³-hybridized carbons (Fsp3) is 0.750. The third-order valence-corrected chi connectivity index (χ3v) is 1.85. The minimum Gasteiger partial charge on any atom is -0.271 e. The van der Waals surface area contributed by atoms with Crippen LogP contribution in [0.1, 0.15) is 26.7 Å². The summed E-state index contributed by atoms with van der Waals surface area (Å²) >= 11 is 0. The summed E-state index contributed by atoms with van der Waals surface area (Å²) in [5.74, 6) is 5.99. The molecule has 0 heterocycles. The van der Waals surface area contributed by atoms with Gasteiger partial charge >= 0.3 is 0 Å². The zero-order chi connectivity index (χ0) is 7.98. The highest BCUT2D eigenvalue weighted by molar-refractivity contribution is 4.84. The molecule has 2 heteroatoms. The van der Waals surface area contributed by atoms with Gasteiger partial charge in [-0.3, -0.25) is 11.3 Å². The fourth-order valence-electron chi connectivity index (χ4n) is 0.832. The standard InChI is InChI=1S/C8H18N2/c1-4-7(3)6-8(5-2)10-9/h5,7-8,10H,2,4,6,9H2,1,3H3. The summed E-state index contributed by atoms with van der Waals surface area (Å²) in [5, 5.41) is 0. The van der Waals surface area contributed by atoms with Gasteiger partial charge in [0.15, 0.2) is 0 Å². The molecule has 0 radical (unpaired) electrons. The maximum Gasteiger partial charge on any atom is 0.0390 e. The van der Waals surface area contributed by atoms with E-state index in [4.69, 9.17) is 5.84 Å². The molecule has 3 N–H and O–H groups in total. The highest BCUT2D eigenvalue weighted by Crippen LogP contribution is 2.09. The molecular weight excluding hydrogens is 124 g/mol. The van der Waals surface area contributed by atoms with E-state index in [1.54, 1.807) is 0 Å². The van der Waals surface area contributed by atoms with Crippen molar-refractivity contribution in [3.05, 3.63) is 12.7 Å². The first-order valence-corrected chi connectivity index (χ1v) is 3.83. The van der Waals surface area contributed by atoms with Gasteiger partial charge < -0.3 is 0 Å². The van der Waals surface area contributed by atoms with Crippen molar-refractivity contribution in [3.8, 4) is 0 Å². The molecule has 2 atom stereocenters. The van der Waals surface area contributed by atoms with Gasteiger partial charge in [0.2, 0.25) is 0 Å². The van der Waals surface area contributed by atoms with Gasteiger partial charge in [-0.2, -0.15) is 0 Å². The molecule has 0 rings (SSSR count). The van der Waals surface area contributed by atoms with E-state index >= 15 is 0 Å². The van der Waals surface area contributed by atoms with Crippen LogP contribution >= 0.6 is 0 Å². The first kappa shape index (κ1) is 9.66. The number of rotatable bonds is 5. The lowest BCUT2D eigenvalue weighted by Crippen LogP contribution is -2.34. The largest absolute Gasteiger partial charge is 0.271 e. The van der Waals surface area contributed by atoms with Crippen LogP contribution < -0.4 is 11.3 Å². The Labute approximate surface area is 63.5 Å². The molecule has 0 saturated carbocycles. The Morgan fingerprint density at radius 2 is 2.30 bits per heavy atom. The number of nitrogens with one attached hydrogen (secondary N) is 1. The van der Waals surface area contributed by atoms with Crippen LogP contribution in [-0.4, -0.2) is 6.04 Å². The van der Waals surface area contributed by atoms with E-state index in [1.165, 1.54) is 6.42 Å². The molecule has 0 aromatic heterocycles. The maximum absolute atomic E-state index is 5.27. The minimum atomic E-state index is 0.273. The number of hydrogen-bond acceptors (Lipinski definition) is 2. The zero-order valence-corrected chi connectivity index (χ0v) is 6.93. The molecule has 0 spiro atoms. The second-order valence-corrected chi connectivity index (χ2v) is 2.76. The molecule has 0 bridgehead atoms. The molecule has 0 saturated heterocycles. The third kappa shape index (κ3) is 3.64. The Balaban J connectivity index is 3.51. The minimum absolute atomic E-state index is 0.273. The predicted octanol–water partition coefficient (Wildman–Crippen LogP) is 1.44. The van der Waals surface area contributed by atoms with Crippen molar-refractivity contribution in [2.75, 3.05) is 0 Å². The Hall–Kier alpha value is -0.340. The predicted molar refractivity (Wildman–Crippen MR) is 45.4 cm³/mol. The molecule has 60 valence electrons. The Morgan fingerprint density at radius 3 is 2.60 bits per heavy atom. The van der Waals surface area contributed by atoms with Crippen molar-refractivity contribution in [2.24, 2.45) is 11.8 Å². The van der Waals surface area contributed by atoms with Crippen LogP contribution in [0, 0.1) is 5.92 Å². The van der Waals surface area contributed by atoms with Gasteiger partial charge in [-0.15, -0.1) is 6.58 Å². The smallest absolute Gasteiger partial charge is 0.0390 e. The van der Waals surface area contributed by atoms with E-state index in [1.807, 2.05) is 6.08 Å². The highest BCUT2D eigenvalue weighted by atomic mass is 15.2. The van der Waals surface area contributed by atoms with E-state index in [0.717, 1.165) is 12.3 Å². The van der Waals surface area contributed by atoms with Crippen LogP contribution in [-0.2, 0) is 0 Å². The first-order valence-electron chi connectivity index (χ1n) is 3.83. The van der Waals surface area contributed by atoms with E-state index in [9.17, 15) is 0 Å². The van der Waals surface area contributed by atoms with Crippen LogP contribution in [0.4, 0.5) is 0 Å². The Kier molecular flexibility index (Phi) is 5.26. The van der Waals surface area contributed by atoms with Crippen molar-refractivity contribution < 1.29 is 0 Å². The van der Waals surface area contributed by atoms with Gasteiger partial charge in [0, 0.05) is 6.04 Å². The van der Waals surface area contributed by atoms with E-state index in [2.05, 4.69) is 25.9 Å². The summed E-state index contributed by atoms with van der Waals surface area (Å²) in [6.07, 6.45) is 4.13. The summed E-state index contributed by atoms with van der Waals surface area (Å²) in [5.41, 5.74) is 2.70. The topological polar surface area (TPSA) is 38.0 Å². The molecule has 0 aliphatic heterocycles. The second kappa shape index (κ2) is 5.45. The molecular formula is C8H18N2. The summed E-state index contributed by atoms with van der Waals surface area (Å²) in [7, 11) is 0. The summed E-state index contributed by atoms with van der Waals surface area (Å²) in [6, 6.07) is 0.273. The molecule has 0 aliphatic rings. The molecule has 2 unspecified atom stereocenters. The Bertz CT molecular complexity index is 91.3. The molecule has 0 amide bonds. The van der Waals surface area contributed by atoms with E-state index < -0.39 is 0 Å². The van der Waals surface area contributed by atoms with Gasteiger partial charge in [0.25, 0.3) is 0 Å². The Morgan fingerprint density at radius 1 is 1.70 bits per heavy atom. The fourth-order valence-corrected chi connectivity index (χ4v) is 0.832. The summed E-state index contributed by atoms with van der Waals surface area (Å²) in [6.45, 7) is 8.07. The van der Waals surface area contributed by atoms with Crippen LogP contribution in [0.3, 0.4) is 0 Å². The lowest BCUT2D eigenvalue weighted by atomic mass is 10.00. The molecule has 0 fully saturated rings. The van der Waals surface area contributed by atoms with Crippen molar-refractivity contribution >= 4 is 0 Å². The molecule has 0 aromatic carbocycles. The maximum atomic E-state index is 5.27. The summed E-state index contributed by atoms with van der Waals surface area (Å²) in [4.78, 5) is 0. The number of hydrogen-bond donors (Lipinski definition) is 2. The quantitative estimate of drug-likeness (QED) is 0.346. The van der Waals surface area contributed by atoms with Crippen molar-refractivity contribution in [2.45, 2.75) is 32.7 Å². The highest BCUT2D eigenvalue weighted by Gasteiger charge is 2.05.